The maximum absolute atomic E-state index is 6.13. The lowest BCUT2D eigenvalue weighted by molar-refractivity contribution is 0.306. The zero-order valence-corrected chi connectivity index (χ0v) is 13.4. The van der Waals surface area contributed by atoms with Crippen molar-refractivity contribution >= 4 is 29.4 Å². The van der Waals surface area contributed by atoms with Crippen molar-refractivity contribution in [2.45, 2.75) is 6.61 Å². The highest BCUT2D eigenvalue weighted by atomic mass is 35.5. The molecule has 2 aromatic carbocycles. The minimum Gasteiger partial charge on any atom is -0.489 e. The van der Waals surface area contributed by atoms with Crippen LogP contribution in [0.1, 0.15) is 11.1 Å². The molecule has 0 radical (unpaired) electrons. The third-order valence-corrected chi connectivity index (χ3v) is 3.60. The van der Waals surface area contributed by atoms with E-state index in [9.17, 15) is 0 Å². The van der Waals surface area contributed by atoms with Gasteiger partial charge in [-0.3, -0.25) is 0 Å². The van der Waals surface area contributed by atoms with Crippen molar-refractivity contribution in [3.8, 4) is 5.75 Å². The molecule has 0 N–H and O–H groups in total. The van der Waals surface area contributed by atoms with Crippen molar-refractivity contribution in [3.63, 3.8) is 0 Å². The molecule has 0 atom stereocenters. The number of aromatic nitrogens is 3. The molecule has 0 saturated heterocycles. The maximum Gasteiger partial charge on any atom is 0.141 e. The molecular formula is C16H12Cl2N4O. The second-order valence-corrected chi connectivity index (χ2v) is 5.53. The van der Waals surface area contributed by atoms with Crippen LogP contribution in [0.4, 0.5) is 0 Å². The highest BCUT2D eigenvalue weighted by Crippen LogP contribution is 2.22. The van der Waals surface area contributed by atoms with Crippen molar-refractivity contribution in [2.75, 3.05) is 0 Å². The monoisotopic (exact) mass is 346 g/mol. The van der Waals surface area contributed by atoms with Crippen molar-refractivity contribution < 1.29 is 4.74 Å². The van der Waals surface area contributed by atoms with E-state index >= 15 is 0 Å². The summed E-state index contributed by atoms with van der Waals surface area (Å²) in [5.41, 5.74) is 1.78. The molecular weight excluding hydrogens is 335 g/mol. The molecule has 0 unspecified atom stereocenters. The highest BCUT2D eigenvalue weighted by Gasteiger charge is 2.03. The van der Waals surface area contributed by atoms with Gasteiger partial charge in [0.15, 0.2) is 0 Å². The first-order chi connectivity index (χ1) is 11.2. The molecule has 1 heterocycles. The van der Waals surface area contributed by atoms with Gasteiger partial charge in [-0.2, -0.15) is 5.10 Å². The lowest BCUT2D eigenvalue weighted by Gasteiger charge is -2.08. The van der Waals surface area contributed by atoms with Crippen LogP contribution in [0.3, 0.4) is 0 Å². The van der Waals surface area contributed by atoms with E-state index in [4.69, 9.17) is 27.9 Å². The lowest BCUT2D eigenvalue weighted by atomic mass is 10.2. The van der Waals surface area contributed by atoms with E-state index in [0.29, 0.717) is 16.7 Å². The minimum atomic E-state index is 0.363. The number of benzene rings is 2. The Morgan fingerprint density at radius 2 is 1.91 bits per heavy atom. The summed E-state index contributed by atoms with van der Waals surface area (Å²) in [7, 11) is 0. The average Bonchev–Trinajstić information content (AvgIpc) is 3.06. The van der Waals surface area contributed by atoms with Crippen LogP contribution in [0, 0.1) is 0 Å². The van der Waals surface area contributed by atoms with Gasteiger partial charge < -0.3 is 4.74 Å². The topological polar surface area (TPSA) is 52.3 Å². The Morgan fingerprint density at radius 1 is 1.09 bits per heavy atom. The number of hydrogen-bond donors (Lipinski definition) is 0. The number of rotatable bonds is 5. The fraction of sp³-hybridized carbons (Fsp3) is 0.0625. The average molecular weight is 347 g/mol. The van der Waals surface area contributed by atoms with Crippen molar-refractivity contribution in [3.05, 3.63) is 76.3 Å². The molecule has 0 spiro atoms. The van der Waals surface area contributed by atoms with Crippen LogP contribution in [0.5, 0.6) is 5.75 Å². The molecule has 5 nitrogen and oxygen atoms in total. The summed E-state index contributed by atoms with van der Waals surface area (Å²) >= 11 is 12.0. The Kier molecular flexibility index (Phi) is 4.90. The van der Waals surface area contributed by atoms with E-state index in [1.165, 1.54) is 17.3 Å². The number of halogens is 2. The molecule has 0 saturated carbocycles. The van der Waals surface area contributed by atoms with E-state index in [0.717, 1.165) is 16.9 Å². The Balaban J connectivity index is 1.68. The summed E-state index contributed by atoms with van der Waals surface area (Å²) in [6.07, 6.45) is 4.73. The van der Waals surface area contributed by atoms with Gasteiger partial charge >= 0.3 is 0 Å². The zero-order valence-electron chi connectivity index (χ0n) is 11.9. The smallest absolute Gasteiger partial charge is 0.141 e. The Bertz CT molecular complexity index is 819. The normalized spacial score (nSPS) is 11.0. The molecule has 23 heavy (non-hydrogen) atoms. The van der Waals surface area contributed by atoms with E-state index in [1.54, 1.807) is 18.3 Å². The summed E-state index contributed by atoms with van der Waals surface area (Å²) < 4.78 is 7.28. The molecule has 1 aromatic heterocycles. The highest BCUT2D eigenvalue weighted by molar-refractivity contribution is 6.35. The second kappa shape index (κ2) is 7.26. The summed E-state index contributed by atoms with van der Waals surface area (Å²) in [5, 5.41) is 12.7. The Morgan fingerprint density at radius 3 is 2.70 bits per heavy atom. The Labute approximate surface area is 143 Å². The molecule has 0 bridgehead atoms. The van der Waals surface area contributed by atoms with E-state index in [-0.39, 0.29) is 0 Å². The molecule has 7 heteroatoms. The maximum atomic E-state index is 6.13. The van der Waals surface area contributed by atoms with Gasteiger partial charge in [0.05, 0.1) is 6.21 Å². The van der Waals surface area contributed by atoms with Gasteiger partial charge in [-0.1, -0.05) is 41.4 Å². The second-order valence-electron chi connectivity index (χ2n) is 4.68. The van der Waals surface area contributed by atoms with Gasteiger partial charge in [0.2, 0.25) is 0 Å². The SMILES string of the molecule is Clc1ccc(COc2cccc(/C=N/n3cnnc3)c2)c(Cl)c1. The van der Waals surface area contributed by atoms with Gasteiger partial charge in [0, 0.05) is 15.6 Å². The van der Waals surface area contributed by atoms with Gasteiger partial charge in [0.25, 0.3) is 0 Å². The summed E-state index contributed by atoms with van der Waals surface area (Å²) in [6.45, 7) is 0.363. The largest absolute Gasteiger partial charge is 0.489 e. The van der Waals surface area contributed by atoms with E-state index < -0.39 is 0 Å². The molecule has 3 aromatic rings. The van der Waals surface area contributed by atoms with Crippen molar-refractivity contribution in [1.82, 2.24) is 14.9 Å². The van der Waals surface area contributed by atoms with Gasteiger partial charge in [-0.25, -0.2) is 4.68 Å². The van der Waals surface area contributed by atoms with Crippen LogP contribution < -0.4 is 4.74 Å². The molecule has 0 fully saturated rings. The predicted molar refractivity (Wildman–Crippen MR) is 90.3 cm³/mol. The quantitative estimate of drug-likeness (QED) is 0.655. The van der Waals surface area contributed by atoms with Crippen LogP contribution >= 0.6 is 23.2 Å². The fourth-order valence-electron chi connectivity index (χ4n) is 1.87. The van der Waals surface area contributed by atoms with Gasteiger partial charge in [-0.05, 0) is 29.8 Å². The number of ether oxygens (including phenoxy) is 1. The third-order valence-electron chi connectivity index (χ3n) is 3.01. The minimum absolute atomic E-state index is 0.363. The van der Waals surface area contributed by atoms with Crippen LogP contribution in [0.25, 0.3) is 0 Å². The first kappa shape index (κ1) is 15.5. The summed E-state index contributed by atoms with van der Waals surface area (Å²) in [6, 6.07) is 12.9. The fourth-order valence-corrected chi connectivity index (χ4v) is 2.34. The van der Waals surface area contributed by atoms with Crippen LogP contribution in [-0.2, 0) is 6.61 Å². The molecule has 0 aliphatic rings. The van der Waals surface area contributed by atoms with Crippen LogP contribution in [-0.4, -0.2) is 21.1 Å². The zero-order chi connectivity index (χ0) is 16.1. The molecule has 0 aliphatic heterocycles. The van der Waals surface area contributed by atoms with Crippen molar-refractivity contribution in [2.24, 2.45) is 5.10 Å². The van der Waals surface area contributed by atoms with Crippen molar-refractivity contribution in [1.29, 1.82) is 0 Å². The molecule has 0 aliphatic carbocycles. The van der Waals surface area contributed by atoms with E-state index in [1.807, 2.05) is 30.3 Å². The lowest BCUT2D eigenvalue weighted by Crippen LogP contribution is -1.97. The van der Waals surface area contributed by atoms with Gasteiger partial charge in [-0.15, -0.1) is 10.2 Å². The molecule has 116 valence electrons. The first-order valence-electron chi connectivity index (χ1n) is 6.76. The first-order valence-corrected chi connectivity index (χ1v) is 7.52. The summed E-state index contributed by atoms with van der Waals surface area (Å²) in [5.74, 6) is 0.726. The molecule has 0 amide bonds. The van der Waals surface area contributed by atoms with Gasteiger partial charge in [0.1, 0.15) is 25.0 Å². The standard InChI is InChI=1S/C16H12Cl2N4O/c17-14-5-4-13(16(18)7-14)9-23-15-3-1-2-12(6-15)8-21-22-10-19-20-11-22/h1-8,10-11H,9H2/b21-8+. The Hall–Kier alpha value is -2.37. The molecule has 3 rings (SSSR count). The number of hydrogen-bond acceptors (Lipinski definition) is 4. The number of nitrogens with zero attached hydrogens (tertiary/aromatic N) is 4. The summed E-state index contributed by atoms with van der Waals surface area (Å²) in [4.78, 5) is 0. The van der Waals surface area contributed by atoms with Crippen LogP contribution in [0.2, 0.25) is 10.0 Å². The van der Waals surface area contributed by atoms with Crippen LogP contribution in [0.15, 0.2) is 60.2 Å². The third kappa shape index (κ3) is 4.31. The predicted octanol–water partition coefficient (Wildman–Crippen LogP) is 4.05. The van der Waals surface area contributed by atoms with E-state index in [2.05, 4.69) is 15.3 Å².